The van der Waals surface area contributed by atoms with Gasteiger partial charge in [-0.25, -0.2) is 4.79 Å². The summed E-state index contributed by atoms with van der Waals surface area (Å²) in [5, 5.41) is 11.3. The first kappa shape index (κ1) is 17.1. The molecule has 2 aromatic rings. The summed E-state index contributed by atoms with van der Waals surface area (Å²) in [7, 11) is 1.74. The Morgan fingerprint density at radius 3 is 2.70 bits per heavy atom. The molecule has 0 aliphatic rings. The third-order valence-electron chi connectivity index (χ3n) is 3.61. The van der Waals surface area contributed by atoms with Gasteiger partial charge in [0.1, 0.15) is 11.5 Å². The summed E-state index contributed by atoms with van der Waals surface area (Å²) < 4.78 is 6.98. The molecule has 7 heteroatoms. The molecule has 2 amide bonds. The quantitative estimate of drug-likeness (QED) is 0.886. The number of hydrogen-bond donors (Lipinski definition) is 1. The minimum absolute atomic E-state index is 0.120. The number of rotatable bonds is 6. The van der Waals surface area contributed by atoms with Gasteiger partial charge in [-0.1, -0.05) is 12.1 Å². The first-order valence-electron chi connectivity index (χ1n) is 7.77. The molecule has 0 aliphatic heterocycles. The second kappa shape index (κ2) is 7.30. The lowest BCUT2D eigenvalue weighted by molar-refractivity contribution is 0.203. The van der Waals surface area contributed by atoms with Gasteiger partial charge in [0.2, 0.25) is 0 Å². The second-order valence-corrected chi connectivity index (χ2v) is 6.19. The fraction of sp³-hybridized carbons (Fsp3) is 0.562. The molecular weight excluding hydrogens is 294 g/mol. The van der Waals surface area contributed by atoms with Crippen LogP contribution in [0.2, 0.25) is 0 Å². The number of hydrogen-bond acceptors (Lipinski definition) is 4. The Labute approximate surface area is 136 Å². The molecule has 0 radical (unpaired) electrons. The number of nitrogens with zero attached hydrogens (tertiary/aromatic N) is 4. The third-order valence-corrected chi connectivity index (χ3v) is 3.61. The van der Waals surface area contributed by atoms with Gasteiger partial charge in [0.05, 0.1) is 12.2 Å². The number of carbonyl (C=O) groups is 1. The van der Waals surface area contributed by atoms with Crippen LogP contribution in [0.3, 0.4) is 0 Å². The van der Waals surface area contributed by atoms with Gasteiger partial charge in [-0.15, -0.1) is 0 Å². The van der Waals surface area contributed by atoms with Gasteiger partial charge < -0.3 is 14.7 Å². The van der Waals surface area contributed by atoms with Crippen molar-refractivity contribution in [3.63, 3.8) is 0 Å². The summed E-state index contributed by atoms with van der Waals surface area (Å²) in [5.41, 5.74) is 2.90. The average Bonchev–Trinajstić information content (AvgIpc) is 3.01. The van der Waals surface area contributed by atoms with Crippen molar-refractivity contribution in [3.05, 3.63) is 35.0 Å². The molecule has 0 aromatic carbocycles. The van der Waals surface area contributed by atoms with Crippen LogP contribution in [0.25, 0.3) is 0 Å². The Morgan fingerprint density at radius 1 is 1.39 bits per heavy atom. The summed E-state index contributed by atoms with van der Waals surface area (Å²) in [4.78, 5) is 13.7. The maximum absolute atomic E-state index is 12.1. The SMILES string of the molecule is Cc1cc(C)n(CC(C)CNC(=O)N(C)Cc2cc(C)on2)n1. The zero-order chi connectivity index (χ0) is 17.0. The van der Waals surface area contributed by atoms with Crippen molar-refractivity contribution in [2.45, 2.75) is 40.8 Å². The molecule has 2 heterocycles. The molecule has 126 valence electrons. The van der Waals surface area contributed by atoms with E-state index in [4.69, 9.17) is 4.52 Å². The molecule has 1 unspecified atom stereocenters. The summed E-state index contributed by atoms with van der Waals surface area (Å²) >= 11 is 0. The highest BCUT2D eigenvalue weighted by molar-refractivity contribution is 5.73. The van der Waals surface area contributed by atoms with Gasteiger partial charge in [0, 0.05) is 31.9 Å². The molecule has 1 atom stereocenters. The van der Waals surface area contributed by atoms with Crippen molar-refractivity contribution >= 4 is 6.03 Å². The fourth-order valence-corrected chi connectivity index (χ4v) is 2.42. The Morgan fingerprint density at radius 2 is 2.13 bits per heavy atom. The largest absolute Gasteiger partial charge is 0.361 e. The molecule has 2 aromatic heterocycles. The zero-order valence-corrected chi connectivity index (χ0v) is 14.5. The molecule has 23 heavy (non-hydrogen) atoms. The summed E-state index contributed by atoms with van der Waals surface area (Å²) in [6.45, 7) is 9.75. The van der Waals surface area contributed by atoms with Gasteiger partial charge in [0.25, 0.3) is 0 Å². The molecule has 0 aliphatic carbocycles. The van der Waals surface area contributed by atoms with Gasteiger partial charge in [-0.3, -0.25) is 4.68 Å². The monoisotopic (exact) mass is 319 g/mol. The molecule has 1 N–H and O–H groups in total. The standard InChI is InChI=1S/C16H25N5O2/c1-11(9-21-13(3)6-12(2)18-21)8-17-16(22)20(5)10-15-7-14(4)23-19-15/h6-7,11H,8-10H2,1-5H3,(H,17,22). The maximum Gasteiger partial charge on any atom is 0.317 e. The topological polar surface area (TPSA) is 76.2 Å². The van der Waals surface area contributed by atoms with E-state index in [0.717, 1.165) is 29.4 Å². The highest BCUT2D eigenvalue weighted by atomic mass is 16.5. The fourth-order valence-electron chi connectivity index (χ4n) is 2.42. The molecule has 2 rings (SSSR count). The zero-order valence-electron chi connectivity index (χ0n) is 14.5. The molecule has 0 bridgehead atoms. The van der Waals surface area contributed by atoms with Crippen LogP contribution in [0, 0.1) is 26.7 Å². The van der Waals surface area contributed by atoms with Gasteiger partial charge in [-0.05, 0) is 32.8 Å². The first-order chi connectivity index (χ1) is 10.8. The number of carbonyl (C=O) groups excluding carboxylic acids is 1. The van der Waals surface area contributed by atoms with Crippen molar-refractivity contribution in [2.75, 3.05) is 13.6 Å². The van der Waals surface area contributed by atoms with Gasteiger partial charge in [0.15, 0.2) is 0 Å². The Kier molecular flexibility index (Phi) is 5.41. The van der Waals surface area contributed by atoms with Crippen LogP contribution in [0.15, 0.2) is 16.7 Å². The van der Waals surface area contributed by atoms with E-state index in [-0.39, 0.29) is 6.03 Å². The van der Waals surface area contributed by atoms with E-state index >= 15 is 0 Å². The van der Waals surface area contributed by atoms with Crippen LogP contribution >= 0.6 is 0 Å². The number of urea groups is 1. The Hall–Kier alpha value is -2.31. The number of nitrogens with one attached hydrogen (secondary N) is 1. The summed E-state index contributed by atoms with van der Waals surface area (Å²) in [6, 6.07) is 3.76. The minimum Gasteiger partial charge on any atom is -0.361 e. The highest BCUT2D eigenvalue weighted by Crippen LogP contribution is 2.07. The van der Waals surface area contributed by atoms with Crippen LogP contribution in [0.1, 0.15) is 29.8 Å². The van der Waals surface area contributed by atoms with E-state index in [1.165, 1.54) is 0 Å². The van der Waals surface area contributed by atoms with Crippen LogP contribution in [0.4, 0.5) is 4.79 Å². The van der Waals surface area contributed by atoms with Crippen LogP contribution in [0.5, 0.6) is 0 Å². The molecular formula is C16H25N5O2. The molecule has 0 saturated carbocycles. The van der Waals surface area contributed by atoms with Crippen LogP contribution in [-0.2, 0) is 13.1 Å². The lowest BCUT2D eigenvalue weighted by Crippen LogP contribution is -2.39. The van der Waals surface area contributed by atoms with Crippen molar-refractivity contribution in [3.8, 4) is 0 Å². The predicted octanol–water partition coefficient (Wildman–Crippen LogP) is 2.27. The third kappa shape index (κ3) is 4.84. The van der Waals surface area contributed by atoms with E-state index in [0.29, 0.717) is 19.0 Å². The van der Waals surface area contributed by atoms with Crippen LogP contribution < -0.4 is 5.32 Å². The van der Waals surface area contributed by atoms with Crippen LogP contribution in [-0.4, -0.2) is 39.5 Å². The first-order valence-corrected chi connectivity index (χ1v) is 7.77. The van der Waals surface area contributed by atoms with E-state index in [9.17, 15) is 4.79 Å². The van der Waals surface area contributed by atoms with E-state index in [1.54, 1.807) is 11.9 Å². The van der Waals surface area contributed by atoms with E-state index < -0.39 is 0 Å². The molecule has 0 fully saturated rings. The van der Waals surface area contributed by atoms with E-state index in [2.05, 4.69) is 28.6 Å². The summed E-state index contributed by atoms with van der Waals surface area (Å²) in [5.74, 6) is 1.03. The van der Waals surface area contributed by atoms with E-state index in [1.807, 2.05) is 31.5 Å². The highest BCUT2D eigenvalue weighted by Gasteiger charge is 2.13. The number of aryl methyl sites for hydroxylation is 3. The van der Waals surface area contributed by atoms with Crippen molar-refractivity contribution in [2.24, 2.45) is 5.92 Å². The smallest absolute Gasteiger partial charge is 0.317 e. The number of aromatic nitrogens is 3. The molecule has 0 spiro atoms. The van der Waals surface area contributed by atoms with Crippen molar-refractivity contribution in [1.82, 2.24) is 25.2 Å². The average molecular weight is 319 g/mol. The maximum atomic E-state index is 12.1. The minimum atomic E-state index is -0.120. The normalized spacial score (nSPS) is 12.2. The Bertz CT molecular complexity index is 661. The van der Waals surface area contributed by atoms with Crippen molar-refractivity contribution < 1.29 is 9.32 Å². The van der Waals surface area contributed by atoms with Gasteiger partial charge >= 0.3 is 6.03 Å². The summed E-state index contributed by atoms with van der Waals surface area (Å²) in [6.07, 6.45) is 0. The lowest BCUT2D eigenvalue weighted by atomic mass is 10.2. The molecule has 7 nitrogen and oxygen atoms in total. The second-order valence-electron chi connectivity index (χ2n) is 6.19. The number of amides is 2. The van der Waals surface area contributed by atoms with Crippen molar-refractivity contribution in [1.29, 1.82) is 0 Å². The van der Waals surface area contributed by atoms with Gasteiger partial charge in [-0.2, -0.15) is 5.10 Å². The predicted molar refractivity (Wildman–Crippen MR) is 87.0 cm³/mol. The Balaban J connectivity index is 1.77. The lowest BCUT2D eigenvalue weighted by Gasteiger charge is -2.19. The molecule has 0 saturated heterocycles.